The van der Waals surface area contributed by atoms with Crippen LogP contribution in [0.15, 0.2) is 60.7 Å². The Balaban J connectivity index is 1.28. The Morgan fingerprint density at radius 3 is 2.33 bits per heavy atom. The molecule has 4 heterocycles. The Morgan fingerprint density at radius 1 is 0.750 bits per heavy atom. The maximum absolute atomic E-state index is 4.96. The molecule has 0 bridgehead atoms. The summed E-state index contributed by atoms with van der Waals surface area (Å²) >= 11 is 0. The Kier molecular flexibility index (Phi) is 4.82. The second-order valence-electron chi connectivity index (χ2n) is 9.81. The number of piperazine rings is 1. The van der Waals surface area contributed by atoms with Crippen molar-refractivity contribution in [2.45, 2.75) is 19.9 Å². The molecule has 1 aliphatic rings. The number of para-hydroxylation sites is 2. The molecule has 8 nitrogen and oxygen atoms in total. The monoisotopic (exact) mass is 476 g/mol. The first-order chi connectivity index (χ1) is 17.6. The maximum atomic E-state index is 4.96. The summed E-state index contributed by atoms with van der Waals surface area (Å²) in [4.78, 5) is 21.7. The first kappa shape index (κ1) is 21.1. The molecule has 1 saturated heterocycles. The van der Waals surface area contributed by atoms with Crippen molar-refractivity contribution in [2.24, 2.45) is 0 Å². The standard InChI is InChI=1S/C28H28N8/c1-17(2)35-12-14-36(15-13-35)18-10-11-22-24(16-18)32-27(29-22)19-6-5-9-23-25(19)26(34-33-23)28-30-20-7-3-4-8-21(20)31-28/h3-11,16-17H,12-15H2,1-2H3,(H,29,32)(H,30,31)(H,33,34). The number of hydrogen-bond donors (Lipinski definition) is 3. The molecule has 180 valence electrons. The van der Waals surface area contributed by atoms with Gasteiger partial charge >= 0.3 is 0 Å². The van der Waals surface area contributed by atoms with Crippen molar-refractivity contribution in [3.63, 3.8) is 0 Å². The fourth-order valence-corrected chi connectivity index (χ4v) is 5.32. The third-order valence-corrected chi connectivity index (χ3v) is 7.33. The molecule has 0 unspecified atom stereocenters. The highest BCUT2D eigenvalue weighted by atomic mass is 15.3. The maximum Gasteiger partial charge on any atom is 0.159 e. The lowest BCUT2D eigenvalue weighted by atomic mass is 10.1. The van der Waals surface area contributed by atoms with Gasteiger partial charge in [-0.3, -0.25) is 10.00 Å². The van der Waals surface area contributed by atoms with Gasteiger partial charge in [0.15, 0.2) is 5.82 Å². The van der Waals surface area contributed by atoms with Gasteiger partial charge in [0, 0.05) is 48.9 Å². The summed E-state index contributed by atoms with van der Waals surface area (Å²) < 4.78 is 0. The van der Waals surface area contributed by atoms with E-state index in [4.69, 9.17) is 9.97 Å². The van der Waals surface area contributed by atoms with E-state index in [9.17, 15) is 0 Å². The molecule has 7 rings (SSSR count). The van der Waals surface area contributed by atoms with Crippen LogP contribution in [0.1, 0.15) is 13.8 Å². The minimum absolute atomic E-state index is 0.597. The van der Waals surface area contributed by atoms with Crippen molar-refractivity contribution in [2.75, 3.05) is 31.1 Å². The summed E-state index contributed by atoms with van der Waals surface area (Å²) in [5.41, 5.74) is 7.90. The van der Waals surface area contributed by atoms with Gasteiger partial charge in [-0.25, -0.2) is 9.97 Å². The molecule has 36 heavy (non-hydrogen) atoms. The van der Waals surface area contributed by atoms with Crippen molar-refractivity contribution in [3.8, 4) is 22.9 Å². The Hall–Kier alpha value is -4.17. The summed E-state index contributed by atoms with van der Waals surface area (Å²) in [6.45, 7) is 8.82. The molecule has 0 atom stereocenters. The average Bonchev–Trinajstić information content (AvgIpc) is 3.64. The number of rotatable bonds is 4. The smallest absolute Gasteiger partial charge is 0.159 e. The van der Waals surface area contributed by atoms with Crippen molar-refractivity contribution in [3.05, 3.63) is 60.7 Å². The largest absolute Gasteiger partial charge is 0.369 e. The molecule has 8 heteroatoms. The van der Waals surface area contributed by atoms with E-state index in [1.54, 1.807) is 0 Å². The van der Waals surface area contributed by atoms with E-state index in [0.717, 1.165) is 82.1 Å². The van der Waals surface area contributed by atoms with E-state index < -0.39 is 0 Å². The first-order valence-electron chi connectivity index (χ1n) is 12.6. The van der Waals surface area contributed by atoms with Crippen LogP contribution < -0.4 is 4.90 Å². The molecular formula is C28H28N8. The van der Waals surface area contributed by atoms with Crippen molar-refractivity contribution in [1.29, 1.82) is 0 Å². The summed E-state index contributed by atoms with van der Waals surface area (Å²) in [6.07, 6.45) is 0. The molecule has 3 aromatic carbocycles. The van der Waals surface area contributed by atoms with Crippen LogP contribution in [-0.2, 0) is 0 Å². The molecule has 0 amide bonds. The molecule has 3 N–H and O–H groups in total. The lowest BCUT2D eigenvalue weighted by Crippen LogP contribution is -2.48. The number of benzene rings is 3. The van der Waals surface area contributed by atoms with Crippen LogP contribution in [0, 0.1) is 0 Å². The molecular weight excluding hydrogens is 448 g/mol. The highest BCUT2D eigenvalue weighted by molar-refractivity contribution is 6.03. The van der Waals surface area contributed by atoms with Gasteiger partial charge in [-0.1, -0.05) is 24.3 Å². The zero-order chi connectivity index (χ0) is 24.2. The first-order valence-corrected chi connectivity index (χ1v) is 12.6. The highest BCUT2D eigenvalue weighted by Crippen LogP contribution is 2.35. The summed E-state index contributed by atoms with van der Waals surface area (Å²) in [7, 11) is 0. The van der Waals surface area contributed by atoms with Crippen LogP contribution in [0.3, 0.4) is 0 Å². The number of aromatic amines is 3. The van der Waals surface area contributed by atoms with E-state index in [0.29, 0.717) is 6.04 Å². The number of nitrogens with one attached hydrogen (secondary N) is 3. The van der Waals surface area contributed by atoms with E-state index in [2.05, 4.69) is 68.1 Å². The van der Waals surface area contributed by atoms with Gasteiger partial charge in [0.1, 0.15) is 11.5 Å². The van der Waals surface area contributed by atoms with Crippen molar-refractivity contribution >= 4 is 38.7 Å². The predicted octanol–water partition coefficient (Wildman–Crippen LogP) is 5.18. The fraction of sp³-hybridized carbons (Fsp3) is 0.250. The molecule has 0 spiro atoms. The Labute approximate surface area is 208 Å². The summed E-state index contributed by atoms with van der Waals surface area (Å²) in [5, 5.41) is 8.80. The summed E-state index contributed by atoms with van der Waals surface area (Å²) in [5.74, 6) is 1.57. The van der Waals surface area contributed by atoms with E-state index in [-0.39, 0.29) is 0 Å². The second-order valence-corrected chi connectivity index (χ2v) is 9.81. The molecule has 1 fully saturated rings. The quantitative estimate of drug-likeness (QED) is 0.326. The van der Waals surface area contributed by atoms with Gasteiger partial charge in [0.2, 0.25) is 0 Å². The van der Waals surface area contributed by atoms with Crippen LogP contribution in [0.5, 0.6) is 0 Å². The number of fused-ring (bicyclic) bond motifs is 3. The third kappa shape index (κ3) is 3.45. The number of imidazole rings is 2. The second kappa shape index (κ2) is 8.20. The zero-order valence-electron chi connectivity index (χ0n) is 20.4. The average molecular weight is 477 g/mol. The Bertz CT molecular complexity index is 1660. The van der Waals surface area contributed by atoms with Crippen molar-refractivity contribution in [1.82, 2.24) is 35.0 Å². The van der Waals surface area contributed by atoms with E-state index in [1.807, 2.05) is 36.4 Å². The molecule has 6 aromatic rings. The van der Waals surface area contributed by atoms with Crippen LogP contribution in [0.25, 0.3) is 55.9 Å². The van der Waals surface area contributed by atoms with E-state index >= 15 is 0 Å². The van der Waals surface area contributed by atoms with Gasteiger partial charge in [-0.05, 0) is 50.2 Å². The van der Waals surface area contributed by atoms with Crippen LogP contribution in [-0.4, -0.2) is 67.3 Å². The van der Waals surface area contributed by atoms with Crippen molar-refractivity contribution < 1.29 is 0 Å². The zero-order valence-corrected chi connectivity index (χ0v) is 20.4. The van der Waals surface area contributed by atoms with Gasteiger partial charge in [0.25, 0.3) is 0 Å². The van der Waals surface area contributed by atoms with Crippen LogP contribution in [0.2, 0.25) is 0 Å². The summed E-state index contributed by atoms with van der Waals surface area (Å²) in [6, 6.07) is 21.3. The van der Waals surface area contributed by atoms with Gasteiger partial charge in [0.05, 0.1) is 27.6 Å². The SMILES string of the molecule is CC(C)N1CCN(c2ccc3nc(-c4cccc5[nH]nc(-c6nc7ccccc7[nH]6)c45)[nH]c3c2)CC1. The van der Waals surface area contributed by atoms with Crippen LogP contribution in [0.4, 0.5) is 5.69 Å². The normalized spacial score (nSPS) is 15.1. The minimum Gasteiger partial charge on any atom is -0.369 e. The number of anilines is 1. The highest BCUT2D eigenvalue weighted by Gasteiger charge is 2.21. The predicted molar refractivity (Wildman–Crippen MR) is 145 cm³/mol. The molecule has 0 aliphatic carbocycles. The number of hydrogen-bond acceptors (Lipinski definition) is 5. The third-order valence-electron chi connectivity index (χ3n) is 7.33. The van der Waals surface area contributed by atoms with Gasteiger partial charge in [-0.15, -0.1) is 0 Å². The molecule has 1 aliphatic heterocycles. The molecule has 3 aromatic heterocycles. The van der Waals surface area contributed by atoms with Gasteiger partial charge < -0.3 is 14.9 Å². The number of H-pyrrole nitrogens is 3. The molecule has 0 saturated carbocycles. The minimum atomic E-state index is 0.597. The van der Waals surface area contributed by atoms with E-state index in [1.165, 1.54) is 5.69 Å². The topological polar surface area (TPSA) is 92.5 Å². The lowest BCUT2D eigenvalue weighted by Gasteiger charge is -2.38. The Morgan fingerprint density at radius 2 is 1.50 bits per heavy atom. The fourth-order valence-electron chi connectivity index (χ4n) is 5.32. The van der Waals surface area contributed by atoms with Gasteiger partial charge in [-0.2, -0.15) is 5.10 Å². The number of nitrogens with zero attached hydrogens (tertiary/aromatic N) is 5. The van der Waals surface area contributed by atoms with Crippen LogP contribution >= 0.6 is 0 Å². The number of aromatic nitrogens is 6. The lowest BCUT2D eigenvalue weighted by molar-refractivity contribution is 0.209. The molecule has 0 radical (unpaired) electrons.